The summed E-state index contributed by atoms with van der Waals surface area (Å²) in [5, 5.41) is 3.24. The van der Waals surface area contributed by atoms with E-state index in [4.69, 9.17) is 9.47 Å². The lowest BCUT2D eigenvalue weighted by Crippen LogP contribution is -2.44. The zero-order valence-electron chi connectivity index (χ0n) is 9.83. The van der Waals surface area contributed by atoms with Crippen molar-refractivity contribution in [2.75, 3.05) is 20.3 Å². The normalized spacial score (nSPS) is 31.3. The van der Waals surface area contributed by atoms with Crippen molar-refractivity contribution >= 4 is 0 Å². The molecule has 0 radical (unpaired) electrons. The molecule has 2 heterocycles. The Morgan fingerprint density at radius 3 is 3.06 bits per heavy atom. The van der Waals surface area contributed by atoms with E-state index in [-0.39, 0.29) is 17.5 Å². The SMILES string of the molecule is CNC1CC2(CCOC2)Oc2ccc(F)cc21. The van der Waals surface area contributed by atoms with E-state index in [1.165, 1.54) is 6.07 Å². The highest BCUT2D eigenvalue weighted by Gasteiger charge is 2.43. The summed E-state index contributed by atoms with van der Waals surface area (Å²) in [4.78, 5) is 0. The summed E-state index contributed by atoms with van der Waals surface area (Å²) in [6, 6.07) is 4.85. The van der Waals surface area contributed by atoms with Crippen LogP contribution in [0.1, 0.15) is 24.4 Å². The summed E-state index contributed by atoms with van der Waals surface area (Å²) in [6.07, 6.45) is 1.74. The minimum absolute atomic E-state index is 0.135. The summed E-state index contributed by atoms with van der Waals surface area (Å²) in [6.45, 7) is 1.37. The molecule has 92 valence electrons. The molecule has 2 atom stereocenters. The average Bonchev–Trinajstić information content (AvgIpc) is 2.77. The van der Waals surface area contributed by atoms with E-state index in [1.807, 2.05) is 7.05 Å². The molecule has 0 aromatic heterocycles. The molecule has 2 aliphatic rings. The van der Waals surface area contributed by atoms with Gasteiger partial charge in [0.2, 0.25) is 0 Å². The summed E-state index contributed by atoms with van der Waals surface area (Å²) in [5.74, 6) is 0.564. The molecule has 4 heteroatoms. The second-order valence-corrected chi connectivity index (χ2v) is 4.82. The van der Waals surface area contributed by atoms with Crippen molar-refractivity contribution in [1.82, 2.24) is 5.32 Å². The van der Waals surface area contributed by atoms with Gasteiger partial charge >= 0.3 is 0 Å². The van der Waals surface area contributed by atoms with Gasteiger partial charge in [0.25, 0.3) is 0 Å². The summed E-state index contributed by atoms with van der Waals surface area (Å²) in [5.41, 5.74) is 0.684. The lowest BCUT2D eigenvalue weighted by atomic mass is 9.86. The molecule has 1 spiro atoms. The molecular weight excluding hydrogens is 221 g/mol. The van der Waals surface area contributed by atoms with Gasteiger partial charge in [-0.3, -0.25) is 0 Å². The number of nitrogens with one attached hydrogen (secondary N) is 1. The van der Waals surface area contributed by atoms with Crippen molar-refractivity contribution in [2.24, 2.45) is 0 Å². The molecule has 17 heavy (non-hydrogen) atoms. The van der Waals surface area contributed by atoms with Gasteiger partial charge in [0, 0.05) is 24.4 Å². The molecule has 1 saturated heterocycles. The Kier molecular flexibility index (Phi) is 2.56. The van der Waals surface area contributed by atoms with E-state index in [0.717, 1.165) is 30.8 Å². The van der Waals surface area contributed by atoms with Crippen molar-refractivity contribution in [3.8, 4) is 5.75 Å². The van der Waals surface area contributed by atoms with Crippen LogP contribution in [0.15, 0.2) is 18.2 Å². The third kappa shape index (κ3) is 1.81. The van der Waals surface area contributed by atoms with E-state index in [9.17, 15) is 4.39 Å². The first-order valence-corrected chi connectivity index (χ1v) is 5.96. The molecule has 1 N–H and O–H groups in total. The van der Waals surface area contributed by atoms with Gasteiger partial charge in [-0.05, 0) is 25.2 Å². The lowest BCUT2D eigenvalue weighted by Gasteiger charge is -2.38. The van der Waals surface area contributed by atoms with Gasteiger partial charge in [0.15, 0.2) is 0 Å². The number of hydrogen-bond acceptors (Lipinski definition) is 3. The van der Waals surface area contributed by atoms with E-state index in [0.29, 0.717) is 6.61 Å². The van der Waals surface area contributed by atoms with Crippen LogP contribution in [0.4, 0.5) is 4.39 Å². The summed E-state index contributed by atoms with van der Waals surface area (Å²) >= 11 is 0. The van der Waals surface area contributed by atoms with E-state index >= 15 is 0 Å². The fourth-order valence-corrected chi connectivity index (χ4v) is 2.73. The molecule has 0 aliphatic carbocycles. The van der Waals surface area contributed by atoms with Crippen LogP contribution in [0.25, 0.3) is 0 Å². The van der Waals surface area contributed by atoms with Crippen molar-refractivity contribution < 1.29 is 13.9 Å². The van der Waals surface area contributed by atoms with Crippen LogP contribution >= 0.6 is 0 Å². The molecule has 0 bridgehead atoms. The Hall–Kier alpha value is -1.13. The number of rotatable bonds is 1. The molecule has 2 unspecified atom stereocenters. The Balaban J connectivity index is 2.00. The molecule has 0 amide bonds. The van der Waals surface area contributed by atoms with Crippen molar-refractivity contribution in [1.29, 1.82) is 0 Å². The van der Waals surface area contributed by atoms with Gasteiger partial charge in [-0.1, -0.05) is 0 Å². The number of benzene rings is 1. The van der Waals surface area contributed by atoms with E-state index < -0.39 is 0 Å². The maximum absolute atomic E-state index is 13.3. The largest absolute Gasteiger partial charge is 0.484 e. The van der Waals surface area contributed by atoms with Gasteiger partial charge in [0.1, 0.15) is 17.2 Å². The topological polar surface area (TPSA) is 30.5 Å². The molecule has 1 aromatic carbocycles. The zero-order valence-corrected chi connectivity index (χ0v) is 9.83. The molecular formula is C13H16FNO2. The number of halogens is 1. The van der Waals surface area contributed by atoms with Crippen LogP contribution in [-0.2, 0) is 4.74 Å². The maximum Gasteiger partial charge on any atom is 0.136 e. The van der Waals surface area contributed by atoms with Crippen LogP contribution in [0.2, 0.25) is 0 Å². The molecule has 1 aromatic rings. The minimum atomic E-state index is -0.224. The van der Waals surface area contributed by atoms with E-state index in [1.54, 1.807) is 12.1 Å². The van der Waals surface area contributed by atoms with Crippen molar-refractivity contribution in [3.05, 3.63) is 29.6 Å². The fourth-order valence-electron chi connectivity index (χ4n) is 2.73. The van der Waals surface area contributed by atoms with Gasteiger partial charge in [0.05, 0.1) is 13.2 Å². The van der Waals surface area contributed by atoms with Gasteiger partial charge < -0.3 is 14.8 Å². The van der Waals surface area contributed by atoms with Crippen LogP contribution < -0.4 is 10.1 Å². The first kappa shape index (κ1) is 11.0. The predicted molar refractivity (Wildman–Crippen MR) is 61.6 cm³/mol. The maximum atomic E-state index is 13.3. The third-order valence-electron chi connectivity index (χ3n) is 3.67. The predicted octanol–water partition coefficient (Wildman–Crippen LogP) is 2.03. The summed E-state index contributed by atoms with van der Waals surface area (Å²) in [7, 11) is 1.90. The van der Waals surface area contributed by atoms with Crippen LogP contribution in [-0.4, -0.2) is 25.9 Å². The number of fused-ring (bicyclic) bond motifs is 1. The van der Waals surface area contributed by atoms with Crippen molar-refractivity contribution in [2.45, 2.75) is 24.5 Å². The Morgan fingerprint density at radius 1 is 1.47 bits per heavy atom. The highest BCUT2D eigenvalue weighted by atomic mass is 19.1. The van der Waals surface area contributed by atoms with Gasteiger partial charge in [-0.15, -0.1) is 0 Å². The highest BCUT2D eigenvalue weighted by Crippen LogP contribution is 2.43. The van der Waals surface area contributed by atoms with Crippen LogP contribution in [0, 0.1) is 5.82 Å². The smallest absolute Gasteiger partial charge is 0.136 e. The minimum Gasteiger partial charge on any atom is -0.484 e. The van der Waals surface area contributed by atoms with Gasteiger partial charge in [-0.2, -0.15) is 0 Å². The Bertz CT molecular complexity index is 429. The first-order valence-electron chi connectivity index (χ1n) is 5.96. The second kappa shape index (κ2) is 3.96. The average molecular weight is 237 g/mol. The van der Waals surface area contributed by atoms with Crippen LogP contribution in [0.5, 0.6) is 5.75 Å². The molecule has 0 saturated carbocycles. The van der Waals surface area contributed by atoms with Crippen LogP contribution in [0.3, 0.4) is 0 Å². The summed E-state index contributed by atoms with van der Waals surface area (Å²) < 4.78 is 24.7. The Labute approximate surface area is 99.9 Å². The zero-order chi connectivity index (χ0) is 11.9. The van der Waals surface area contributed by atoms with Gasteiger partial charge in [-0.25, -0.2) is 4.39 Å². The Morgan fingerprint density at radius 2 is 2.35 bits per heavy atom. The first-order chi connectivity index (χ1) is 8.22. The number of hydrogen-bond donors (Lipinski definition) is 1. The lowest BCUT2D eigenvalue weighted by molar-refractivity contribution is 0.0196. The fraction of sp³-hybridized carbons (Fsp3) is 0.538. The highest BCUT2D eigenvalue weighted by molar-refractivity contribution is 5.39. The third-order valence-corrected chi connectivity index (χ3v) is 3.67. The molecule has 1 fully saturated rings. The standard InChI is InChI=1S/C13H16FNO2/c1-15-11-7-13(4-5-16-8-13)17-12-3-2-9(14)6-10(11)12/h2-3,6,11,15H,4-5,7-8H2,1H3. The quantitative estimate of drug-likeness (QED) is 0.810. The molecule has 3 nitrogen and oxygen atoms in total. The molecule has 2 aliphatic heterocycles. The van der Waals surface area contributed by atoms with Crippen molar-refractivity contribution in [3.63, 3.8) is 0 Å². The van der Waals surface area contributed by atoms with E-state index in [2.05, 4.69) is 5.32 Å². The number of ether oxygens (including phenoxy) is 2. The monoisotopic (exact) mass is 237 g/mol. The second-order valence-electron chi connectivity index (χ2n) is 4.82. The molecule has 3 rings (SSSR count).